The number of carboxylic acid groups (broad SMARTS) is 1. The number of halogens is 1. The van der Waals surface area contributed by atoms with Crippen molar-refractivity contribution < 1.29 is 145 Å². The summed E-state index contributed by atoms with van der Waals surface area (Å²) >= 11 is 2.73. The van der Waals surface area contributed by atoms with E-state index in [0.29, 0.717) is 39.0 Å². The molecule has 2 bridgehead atoms. The highest BCUT2D eigenvalue weighted by Gasteiger charge is 2.53. The van der Waals surface area contributed by atoms with Crippen molar-refractivity contribution in [3.63, 3.8) is 0 Å². The molecule has 22 atom stereocenters. The van der Waals surface area contributed by atoms with E-state index in [-0.39, 0.29) is 109 Å². The van der Waals surface area contributed by atoms with Crippen LogP contribution in [0, 0.1) is 40.1 Å². The molecule has 132 heavy (non-hydrogen) atoms. The number of rotatable bonds is 41. The largest absolute Gasteiger partial charge is 0.492 e. The number of nitrogens with one attached hydrogen (secondary N) is 7. The molecule has 3 aromatic carbocycles. The monoisotopic (exact) mass is 2020 g/mol. The number of carboxylic acids is 1. The molecule has 0 aromatic heterocycles. The normalized spacial score (nSPS) is 27.5. The smallest absolute Gasteiger partial charge is 0.411 e. The Labute approximate surface area is 789 Å². The summed E-state index contributed by atoms with van der Waals surface area (Å²) in [5, 5.41) is 83.9. The number of likely N-dealkylation sites (N-methyl/N-ethyl adjacent to an activating group) is 1. The van der Waals surface area contributed by atoms with Gasteiger partial charge in [0.15, 0.2) is 41.8 Å². The number of anilines is 1. The first kappa shape index (κ1) is 107. The van der Waals surface area contributed by atoms with Gasteiger partial charge in [0.1, 0.15) is 61.4 Å². The zero-order valence-corrected chi connectivity index (χ0v) is 79.7. The molecule has 0 unspecified atom stereocenters. The van der Waals surface area contributed by atoms with Crippen molar-refractivity contribution >= 4 is 120 Å². The molecule has 9 rings (SSSR count). The molecule has 17 N–H and O–H groups in total. The second-order valence-electron chi connectivity index (χ2n) is 31.9. The van der Waals surface area contributed by atoms with Crippen molar-refractivity contribution in [2.45, 2.75) is 252 Å². The van der Waals surface area contributed by atoms with Crippen LogP contribution < -0.4 is 63.1 Å². The first-order valence-electron chi connectivity index (χ1n) is 42.7. The number of aliphatic hydroxyl groups excluding tert-OH is 4. The summed E-state index contributed by atoms with van der Waals surface area (Å²) in [6, 6.07) is 6.34. The molecule has 4 saturated heterocycles. The number of primary amides is 1. The number of aliphatic hydroxyl groups is 5. The molecule has 4 fully saturated rings. The number of hydroxylamine groups is 1. The SMILES string of the molecule is CCN(C(=O)OCc1ccc(NC(=O)[C@H](CCCNC(N)=O)NC(=O)[C@@H](NC(=O)[C@H](CCCCN)NC(C)=O)C(C)C)cc1)[C@H]1CO[C@@H](O[C@H]2[C@H](O[C@H]3C#C/C=C\C#C[C@]4(O)CC(=O)C(NC(=O)OC)=C3/C4=C\CSSc3ccccc3C(=O)O)O[C@H](C)[C@@H](NO[C@H]3C[C@H](O)[C@H](SC(=O)c4c(C)c(I)c(O[C@@H]5O[C@@H](C)[C@H](O)[C@@H](OC)[C@H]5O)c(OC)c4OC)[C@@H](C)O3)[C@@H]2O)C[C@@H]1OC. The average molecular weight is 2020 g/mol. The molecule has 8 amide bonds. The van der Waals surface area contributed by atoms with Crippen LogP contribution in [-0.4, -0.2) is 295 Å². The van der Waals surface area contributed by atoms with Crippen LogP contribution in [0.3, 0.4) is 0 Å². The van der Waals surface area contributed by atoms with Crippen molar-refractivity contribution in [3.05, 3.63) is 109 Å². The third-order valence-electron chi connectivity index (χ3n) is 22.5. The summed E-state index contributed by atoms with van der Waals surface area (Å²) in [6.07, 6.45) is -16.9. The van der Waals surface area contributed by atoms with Crippen LogP contribution in [-0.2, 0) is 82.8 Å². The maximum Gasteiger partial charge on any atom is 0.411 e. The Hall–Kier alpha value is -8.96. The number of fused-ring (bicyclic) bond motifs is 2. The van der Waals surface area contributed by atoms with Crippen LogP contribution in [0.25, 0.3) is 0 Å². The summed E-state index contributed by atoms with van der Waals surface area (Å²) in [7, 11) is 8.72. The number of aromatic carboxylic acids is 1. The molecular weight excluding hydrogens is 1900 g/mol. The number of unbranched alkanes of at least 4 members (excludes halogenated alkanes) is 1. The molecular formula is C88H117IN10O30S3. The lowest BCUT2D eigenvalue weighted by Crippen LogP contribution is -2.65. The molecule has 0 radical (unpaired) electrons. The number of benzene rings is 3. The number of carbonyl (C=O) groups excluding carboxylic acids is 9. The summed E-state index contributed by atoms with van der Waals surface area (Å²) in [6.45, 7) is 12.7. The predicted octanol–water partition coefficient (Wildman–Crippen LogP) is 4.37. The van der Waals surface area contributed by atoms with E-state index in [1.54, 1.807) is 90.9 Å². The number of Topliss-reactive ketones (excluding diaryl/α,β-unsaturated/α-hetero) is 1. The van der Waals surface area contributed by atoms with Crippen LogP contribution in [0.1, 0.15) is 132 Å². The Kier molecular flexibility index (Phi) is 40.9. The molecule has 0 spiro atoms. The fourth-order valence-electron chi connectivity index (χ4n) is 15.5. The van der Waals surface area contributed by atoms with Crippen LogP contribution in [0.5, 0.6) is 17.2 Å². The summed E-state index contributed by atoms with van der Waals surface area (Å²) in [5.74, 6) is 6.46. The number of allylic oxidation sites excluding steroid dienone is 3. The van der Waals surface area contributed by atoms with Crippen molar-refractivity contribution in [2.75, 3.05) is 72.9 Å². The molecule has 0 saturated carbocycles. The Balaban J connectivity index is 0.937. The number of urea groups is 1. The maximum atomic E-state index is 14.7. The van der Waals surface area contributed by atoms with E-state index in [9.17, 15) is 78.6 Å². The number of ether oxygens (including phenoxy) is 13. The Bertz CT molecular complexity index is 4790. The van der Waals surface area contributed by atoms with Gasteiger partial charge in [-0.3, -0.25) is 38.9 Å². The fourth-order valence-corrected chi connectivity index (χ4v) is 19.3. The van der Waals surface area contributed by atoms with Crippen molar-refractivity contribution in [1.29, 1.82) is 0 Å². The second-order valence-corrected chi connectivity index (χ2v) is 36.5. The first-order valence-corrected chi connectivity index (χ1v) is 46.9. The molecule has 6 aliphatic rings. The van der Waals surface area contributed by atoms with Crippen LogP contribution in [0.15, 0.2) is 88.5 Å². The number of thioether (sulfide) groups is 1. The second kappa shape index (κ2) is 50.6. The quantitative estimate of drug-likeness (QED) is 0.0123. The summed E-state index contributed by atoms with van der Waals surface area (Å²) in [5.41, 5.74) is 12.0. The van der Waals surface area contributed by atoms with E-state index in [1.165, 1.54) is 64.6 Å². The minimum absolute atomic E-state index is 0.00304. The van der Waals surface area contributed by atoms with Gasteiger partial charge in [0.25, 0.3) is 0 Å². The van der Waals surface area contributed by atoms with E-state index < -0.39 is 210 Å². The van der Waals surface area contributed by atoms with E-state index in [1.807, 2.05) is 22.6 Å². The van der Waals surface area contributed by atoms with Crippen LogP contribution in [0.4, 0.5) is 20.1 Å². The third-order valence-corrected chi connectivity index (χ3v) is 27.4. The number of nitrogens with zero attached hydrogens (tertiary/aromatic N) is 1. The number of hydrogen-bond donors (Lipinski definition) is 15. The highest BCUT2D eigenvalue weighted by atomic mass is 127. The number of hydrogen-bond acceptors (Lipinski definition) is 34. The van der Waals surface area contributed by atoms with Gasteiger partial charge >= 0.3 is 24.2 Å². The maximum absolute atomic E-state index is 14.7. The van der Waals surface area contributed by atoms with Crippen molar-refractivity contribution in [3.8, 4) is 40.9 Å². The lowest BCUT2D eigenvalue weighted by atomic mass is 9.75. The van der Waals surface area contributed by atoms with Gasteiger partial charge in [0.2, 0.25) is 40.8 Å². The molecule has 2 aliphatic carbocycles. The van der Waals surface area contributed by atoms with E-state index in [0.717, 1.165) is 40.5 Å². The topological polar surface area (TPSA) is 561 Å². The third kappa shape index (κ3) is 27.7. The highest BCUT2D eigenvalue weighted by molar-refractivity contribution is 14.1. The number of carbonyl (C=O) groups is 10. The number of ketones is 1. The molecule has 4 aliphatic heterocycles. The zero-order chi connectivity index (χ0) is 96.5. The number of alkyl carbamates (subject to hydrolysis) is 1. The minimum Gasteiger partial charge on any atom is -0.492 e. The summed E-state index contributed by atoms with van der Waals surface area (Å²) < 4.78 is 79.6. The molecule has 44 heteroatoms. The standard InChI is InChI=1S/C88H117IN10O30S3/c1-14-99(87(114)122-41-49-29-31-50(32-30-49)94-78(106)54(26-23-36-92-85(91)112)95-80(108)66(43(2)3)96-79(107)53(93-48(8)100)25-20-22-35-90)55-42-121-61(39-59(55)116-9)127-75-70(104)67(98-129-62-38-56(101)77(47(7)123-62)131-82(111)63-44(4)65(89)73(76(119-12)72(63)117-10)128-83-71(105)74(118-11)69(103)46(6)125-83)45(5)124-84(75)126-58-27-17-15-16-21-34-88(115)40-57(102)68(97-86(113)120-13)64(58)52(88)33-37-130-132-60-28-19-18-24-51(60)81(109)110/h15-16,18-19,24,28-33,43,45-47,53-56,58-59,61-62,66-67,69-71,74-75,77,83-84,98,101,103-105,115H,14,20,22-23,25-26,35-42,90H2,1-13H3,(H,93,100)(H,94,106)(H,95,108)(H,96,107)(H,97,113)(H,109,110)(H3,91,92,112)/b16-15-,52-33+/t45-,46+,47-,53+,54+,55+,56+,58+,59+,61+,62+,66+,67-,69+,70+,71-,74-,75-,77-,83+,84+,88+/m1/s1. The lowest BCUT2D eigenvalue weighted by molar-refractivity contribution is -0.337. The lowest BCUT2D eigenvalue weighted by Gasteiger charge is -2.47. The van der Waals surface area contributed by atoms with Gasteiger partial charge in [-0.15, -0.1) is 0 Å². The highest BCUT2D eigenvalue weighted by Crippen LogP contribution is 2.50. The van der Waals surface area contributed by atoms with Crippen molar-refractivity contribution in [2.24, 2.45) is 17.4 Å². The molecule has 724 valence electrons. The van der Waals surface area contributed by atoms with Gasteiger partial charge in [-0.2, -0.15) is 5.48 Å². The van der Waals surface area contributed by atoms with Gasteiger partial charge in [0, 0.05) is 74.6 Å². The van der Waals surface area contributed by atoms with Gasteiger partial charge < -0.3 is 135 Å². The van der Waals surface area contributed by atoms with Crippen molar-refractivity contribution in [1.82, 2.24) is 37.0 Å². The van der Waals surface area contributed by atoms with Gasteiger partial charge in [-0.05, 0) is 149 Å². The number of methoxy groups -OCH3 is 5. The van der Waals surface area contributed by atoms with E-state index in [2.05, 4.69) is 61.1 Å². The van der Waals surface area contributed by atoms with Gasteiger partial charge in [-0.25, -0.2) is 19.2 Å². The zero-order valence-electron chi connectivity index (χ0n) is 75.1. The number of amides is 8. The number of nitrogens with two attached hydrogens (primary N) is 2. The molecule has 4 heterocycles. The van der Waals surface area contributed by atoms with E-state index >= 15 is 0 Å². The van der Waals surface area contributed by atoms with Crippen LogP contribution >= 0.6 is 55.9 Å². The Morgan fingerprint density at radius 3 is 2.12 bits per heavy atom. The van der Waals surface area contributed by atoms with Gasteiger partial charge in [0.05, 0.1) is 103 Å². The fraction of sp³-hybridized carbons (Fsp3) is 0.568. The van der Waals surface area contributed by atoms with E-state index in [4.69, 9.17) is 77.9 Å². The average Bonchev–Trinajstić information content (AvgIpc) is 0.755. The Morgan fingerprint density at radius 1 is 0.773 bits per heavy atom. The molecule has 40 nitrogen and oxygen atoms in total. The van der Waals surface area contributed by atoms with Crippen LogP contribution in [0.2, 0.25) is 0 Å². The summed E-state index contributed by atoms with van der Waals surface area (Å²) in [4.78, 5) is 142. The van der Waals surface area contributed by atoms with Gasteiger partial charge in [-0.1, -0.05) is 101 Å². The minimum atomic E-state index is -2.30. The molecule has 3 aromatic rings. The first-order chi connectivity index (χ1) is 62.9. The Morgan fingerprint density at radius 2 is 1.47 bits per heavy atom. The predicted molar refractivity (Wildman–Crippen MR) is 488 cm³/mol.